The number of aromatic nitrogens is 3. The summed E-state index contributed by atoms with van der Waals surface area (Å²) >= 11 is 0. The Hall–Kier alpha value is -1.63. The lowest BCUT2D eigenvalue weighted by molar-refractivity contribution is 0.198. The smallest absolute Gasteiger partial charge is 0.232 e. The molecule has 1 aromatic heterocycles. The number of nitrogens with zero attached hydrogens (tertiary/aromatic N) is 6. The Balaban J connectivity index is 2.18. The van der Waals surface area contributed by atoms with Crippen molar-refractivity contribution in [3.8, 4) is 0 Å². The van der Waals surface area contributed by atoms with Crippen molar-refractivity contribution < 1.29 is 0 Å². The average Bonchev–Trinajstić information content (AvgIpc) is 2.37. The van der Waals surface area contributed by atoms with Crippen molar-refractivity contribution in [2.45, 2.75) is 19.9 Å². The van der Waals surface area contributed by atoms with Crippen LogP contribution in [0.3, 0.4) is 0 Å². The minimum atomic E-state index is 0.277. The Bertz CT molecular complexity index is 434. The van der Waals surface area contributed by atoms with Gasteiger partial charge in [0.25, 0.3) is 0 Å². The van der Waals surface area contributed by atoms with Crippen molar-refractivity contribution >= 4 is 17.8 Å². The molecule has 2 rings (SSSR count). The minimum Gasteiger partial charge on any atom is -0.368 e. The fourth-order valence-electron chi connectivity index (χ4n) is 2.36. The highest BCUT2D eigenvalue weighted by Crippen LogP contribution is 2.17. The molecule has 1 aromatic rings. The van der Waals surface area contributed by atoms with E-state index in [0.717, 1.165) is 26.2 Å². The molecule has 1 atom stereocenters. The van der Waals surface area contributed by atoms with Crippen LogP contribution in [0.5, 0.6) is 0 Å². The first-order chi connectivity index (χ1) is 9.01. The molecule has 19 heavy (non-hydrogen) atoms. The van der Waals surface area contributed by atoms with Crippen molar-refractivity contribution in [3.63, 3.8) is 0 Å². The highest BCUT2D eigenvalue weighted by Gasteiger charge is 2.24. The standard InChI is InChI=1S/C12H23N7/c1-5-18-6-7-19(8-9(18)2)12-15-10(13)14-11(16-12)17(3)4/h9H,5-8H2,1-4H3,(H2,13,14,15,16). The van der Waals surface area contributed by atoms with E-state index in [4.69, 9.17) is 5.73 Å². The van der Waals surface area contributed by atoms with Crippen LogP contribution in [0, 0.1) is 0 Å². The van der Waals surface area contributed by atoms with Gasteiger partial charge in [-0.3, -0.25) is 4.90 Å². The first kappa shape index (κ1) is 13.8. The van der Waals surface area contributed by atoms with Gasteiger partial charge >= 0.3 is 0 Å². The van der Waals surface area contributed by atoms with Crippen LogP contribution in [0.2, 0.25) is 0 Å². The van der Waals surface area contributed by atoms with Crippen molar-refractivity contribution in [3.05, 3.63) is 0 Å². The highest BCUT2D eigenvalue weighted by molar-refractivity contribution is 5.43. The quantitative estimate of drug-likeness (QED) is 0.827. The first-order valence-electron chi connectivity index (χ1n) is 6.69. The van der Waals surface area contributed by atoms with E-state index >= 15 is 0 Å². The van der Waals surface area contributed by atoms with E-state index in [9.17, 15) is 0 Å². The molecule has 0 saturated carbocycles. The minimum absolute atomic E-state index is 0.277. The van der Waals surface area contributed by atoms with Gasteiger partial charge in [-0.25, -0.2) is 0 Å². The lowest BCUT2D eigenvalue weighted by atomic mass is 10.2. The molecule has 1 unspecified atom stereocenters. The Morgan fingerprint density at radius 3 is 2.58 bits per heavy atom. The molecule has 106 valence electrons. The van der Waals surface area contributed by atoms with E-state index in [2.05, 4.69) is 38.6 Å². The van der Waals surface area contributed by atoms with Crippen LogP contribution in [0.15, 0.2) is 0 Å². The third-order valence-corrected chi connectivity index (χ3v) is 3.48. The van der Waals surface area contributed by atoms with Gasteiger partial charge in [-0.15, -0.1) is 0 Å². The van der Waals surface area contributed by atoms with Crippen molar-refractivity contribution in [2.24, 2.45) is 0 Å². The van der Waals surface area contributed by atoms with Gasteiger partial charge in [0.1, 0.15) is 0 Å². The second kappa shape index (κ2) is 5.56. The number of hydrogen-bond acceptors (Lipinski definition) is 7. The zero-order valence-electron chi connectivity index (χ0n) is 12.2. The van der Waals surface area contributed by atoms with Crippen molar-refractivity contribution in [1.29, 1.82) is 0 Å². The number of rotatable bonds is 3. The molecule has 0 bridgehead atoms. The Morgan fingerprint density at radius 1 is 1.26 bits per heavy atom. The highest BCUT2D eigenvalue weighted by atomic mass is 15.4. The summed E-state index contributed by atoms with van der Waals surface area (Å²) in [5, 5.41) is 0. The van der Waals surface area contributed by atoms with E-state index in [1.54, 1.807) is 0 Å². The molecule has 7 heteroatoms. The Labute approximate surface area is 114 Å². The number of anilines is 3. The summed E-state index contributed by atoms with van der Waals surface area (Å²) < 4.78 is 0. The lowest BCUT2D eigenvalue weighted by Crippen LogP contribution is -2.52. The summed E-state index contributed by atoms with van der Waals surface area (Å²) in [6, 6.07) is 0.500. The molecule has 2 N–H and O–H groups in total. The predicted molar refractivity (Wildman–Crippen MR) is 77.5 cm³/mol. The second-order valence-corrected chi connectivity index (χ2v) is 5.11. The van der Waals surface area contributed by atoms with Crippen LogP contribution in [-0.2, 0) is 0 Å². The molecule has 2 heterocycles. The first-order valence-corrected chi connectivity index (χ1v) is 6.69. The maximum absolute atomic E-state index is 5.77. The number of piperazine rings is 1. The molecule has 0 radical (unpaired) electrons. The van der Waals surface area contributed by atoms with E-state index in [1.807, 2.05) is 19.0 Å². The Morgan fingerprint density at radius 2 is 2.00 bits per heavy atom. The third-order valence-electron chi connectivity index (χ3n) is 3.48. The molecular formula is C12H23N7. The van der Waals surface area contributed by atoms with E-state index < -0.39 is 0 Å². The second-order valence-electron chi connectivity index (χ2n) is 5.11. The summed E-state index contributed by atoms with van der Waals surface area (Å²) in [6.45, 7) is 8.38. The average molecular weight is 265 g/mol. The van der Waals surface area contributed by atoms with Gasteiger partial charge in [0.15, 0.2) is 0 Å². The monoisotopic (exact) mass is 265 g/mol. The van der Waals surface area contributed by atoms with Crippen molar-refractivity contribution in [2.75, 3.05) is 55.8 Å². The molecule has 1 aliphatic rings. The topological polar surface area (TPSA) is 74.4 Å². The summed E-state index contributed by atoms with van der Waals surface area (Å²) in [5.74, 6) is 1.56. The molecule has 0 spiro atoms. The number of nitrogens with two attached hydrogens (primary N) is 1. The summed E-state index contributed by atoms with van der Waals surface area (Å²) in [5.41, 5.74) is 5.77. The fraction of sp³-hybridized carbons (Fsp3) is 0.750. The zero-order chi connectivity index (χ0) is 14.0. The summed E-state index contributed by atoms with van der Waals surface area (Å²) in [7, 11) is 3.80. The van der Waals surface area contributed by atoms with Crippen LogP contribution in [0.25, 0.3) is 0 Å². The van der Waals surface area contributed by atoms with E-state index in [1.165, 1.54) is 0 Å². The summed E-state index contributed by atoms with van der Waals surface area (Å²) in [4.78, 5) is 19.3. The van der Waals surface area contributed by atoms with Crippen LogP contribution in [0.1, 0.15) is 13.8 Å². The number of hydrogen-bond donors (Lipinski definition) is 1. The zero-order valence-corrected chi connectivity index (χ0v) is 12.2. The van der Waals surface area contributed by atoms with Crippen LogP contribution < -0.4 is 15.5 Å². The van der Waals surface area contributed by atoms with Gasteiger partial charge < -0.3 is 15.5 Å². The molecule has 0 aromatic carbocycles. The Kier molecular flexibility index (Phi) is 4.04. The largest absolute Gasteiger partial charge is 0.368 e. The van der Waals surface area contributed by atoms with Crippen molar-refractivity contribution in [1.82, 2.24) is 19.9 Å². The maximum Gasteiger partial charge on any atom is 0.232 e. The van der Waals surface area contributed by atoms with E-state index in [0.29, 0.717) is 17.9 Å². The SMILES string of the molecule is CCN1CCN(c2nc(N)nc(N(C)C)n2)CC1C. The number of likely N-dealkylation sites (N-methyl/N-ethyl adjacent to an activating group) is 1. The van der Waals surface area contributed by atoms with Crippen LogP contribution in [0.4, 0.5) is 17.8 Å². The van der Waals surface area contributed by atoms with Gasteiger partial charge in [0.05, 0.1) is 0 Å². The molecule has 0 amide bonds. The molecule has 0 aliphatic carbocycles. The lowest BCUT2D eigenvalue weighted by Gasteiger charge is -2.39. The van der Waals surface area contributed by atoms with E-state index in [-0.39, 0.29) is 5.95 Å². The third kappa shape index (κ3) is 3.04. The predicted octanol–water partition coefficient (Wildman–Crippen LogP) is 0.0502. The van der Waals surface area contributed by atoms with Crippen LogP contribution in [-0.4, -0.2) is 66.2 Å². The van der Waals surface area contributed by atoms with Gasteiger partial charge in [0, 0.05) is 39.8 Å². The van der Waals surface area contributed by atoms with Gasteiger partial charge in [-0.1, -0.05) is 6.92 Å². The summed E-state index contributed by atoms with van der Waals surface area (Å²) in [6.07, 6.45) is 0. The number of nitrogen functional groups attached to an aromatic ring is 1. The molecule has 7 nitrogen and oxygen atoms in total. The molecule has 1 fully saturated rings. The fourth-order valence-corrected chi connectivity index (χ4v) is 2.36. The van der Waals surface area contributed by atoms with Gasteiger partial charge in [0.2, 0.25) is 17.8 Å². The normalized spacial score (nSPS) is 20.6. The molecular weight excluding hydrogens is 242 g/mol. The molecule has 1 aliphatic heterocycles. The van der Waals surface area contributed by atoms with Crippen LogP contribution >= 0.6 is 0 Å². The van der Waals surface area contributed by atoms with Gasteiger partial charge in [-0.2, -0.15) is 15.0 Å². The van der Waals surface area contributed by atoms with Gasteiger partial charge in [-0.05, 0) is 13.5 Å². The maximum atomic E-state index is 5.77. The molecule has 1 saturated heterocycles.